The molecule has 0 spiro atoms. The first-order valence-electron chi connectivity index (χ1n) is 17.5. The molecule has 0 bridgehead atoms. The van der Waals surface area contributed by atoms with Gasteiger partial charge in [-0.15, -0.1) is 0 Å². The molecule has 5 rings (SSSR count). The molecule has 2 aromatic rings. The zero-order valence-electron chi connectivity index (χ0n) is 26.8. The quantitative estimate of drug-likeness (QED) is 0.192. The Morgan fingerprint density at radius 2 is 1.63 bits per heavy atom. The van der Waals surface area contributed by atoms with Crippen molar-refractivity contribution in [3.05, 3.63) is 42.0 Å². The average Bonchev–Trinajstić information content (AvgIpc) is 3.05. The van der Waals surface area contributed by atoms with Crippen LogP contribution < -0.4 is 26.6 Å². The zero-order chi connectivity index (χ0) is 29.7. The topological polar surface area (TPSA) is 94.4 Å². The fourth-order valence-electron chi connectivity index (χ4n) is 7.35. The van der Waals surface area contributed by atoms with Gasteiger partial charge in [0, 0.05) is 38.3 Å². The van der Waals surface area contributed by atoms with Crippen molar-refractivity contribution in [2.75, 3.05) is 68.3 Å². The molecule has 1 aromatic heterocycles. The highest BCUT2D eigenvalue weighted by Crippen LogP contribution is 2.31. The molecule has 3 aliphatic rings. The molecule has 2 aliphatic carbocycles. The van der Waals surface area contributed by atoms with E-state index in [-0.39, 0.29) is 0 Å². The number of anilines is 3. The van der Waals surface area contributed by atoms with Crippen molar-refractivity contribution in [1.82, 2.24) is 25.5 Å². The maximum absolute atomic E-state index is 6.31. The van der Waals surface area contributed by atoms with Crippen LogP contribution in [0.4, 0.5) is 17.6 Å². The zero-order valence-corrected chi connectivity index (χ0v) is 26.8. The average molecular weight is 591 g/mol. The minimum absolute atomic E-state index is 0.358. The molecule has 5 N–H and O–H groups in total. The summed E-state index contributed by atoms with van der Waals surface area (Å²) in [4.78, 5) is 14.6. The summed E-state index contributed by atoms with van der Waals surface area (Å²) < 4.78 is 0. The highest BCUT2D eigenvalue weighted by atomic mass is 15.3. The largest absolute Gasteiger partial charge is 0.383 e. The smallest absolute Gasteiger partial charge is 0.226 e. The van der Waals surface area contributed by atoms with E-state index in [0.717, 1.165) is 63.6 Å². The second-order valence-electron chi connectivity index (χ2n) is 13.4. The number of hydrogen-bond acceptors (Lipinski definition) is 8. The van der Waals surface area contributed by atoms with E-state index in [2.05, 4.69) is 68.0 Å². The van der Waals surface area contributed by atoms with E-state index in [9.17, 15) is 0 Å². The van der Waals surface area contributed by atoms with Gasteiger partial charge in [-0.25, -0.2) is 0 Å². The van der Waals surface area contributed by atoms with Crippen LogP contribution in [-0.4, -0.2) is 73.3 Å². The number of benzene rings is 1. The van der Waals surface area contributed by atoms with Gasteiger partial charge in [-0.2, -0.15) is 9.97 Å². The second kappa shape index (κ2) is 17.2. The second-order valence-corrected chi connectivity index (χ2v) is 13.4. The summed E-state index contributed by atoms with van der Waals surface area (Å²) in [6, 6.07) is 14.0. The van der Waals surface area contributed by atoms with Crippen LogP contribution in [0.1, 0.15) is 95.6 Å². The molecule has 1 aromatic carbocycles. The molecular weight excluding hydrogens is 532 g/mol. The number of nitrogen functional groups attached to an aromatic ring is 1. The Kier molecular flexibility index (Phi) is 12.8. The van der Waals surface area contributed by atoms with Gasteiger partial charge in [0.2, 0.25) is 5.95 Å². The van der Waals surface area contributed by atoms with Gasteiger partial charge in [-0.05, 0) is 94.9 Å². The predicted octanol–water partition coefficient (Wildman–Crippen LogP) is 5.84. The summed E-state index contributed by atoms with van der Waals surface area (Å²) in [6.07, 6.45) is 15.9. The van der Waals surface area contributed by atoms with Gasteiger partial charge >= 0.3 is 0 Å². The maximum atomic E-state index is 6.31. The third-order valence-electron chi connectivity index (χ3n) is 10.0. The molecule has 1 unspecified atom stereocenters. The van der Waals surface area contributed by atoms with Crippen molar-refractivity contribution < 1.29 is 0 Å². The van der Waals surface area contributed by atoms with Gasteiger partial charge < -0.3 is 26.6 Å². The summed E-state index contributed by atoms with van der Waals surface area (Å²) in [6.45, 7) is 10.7. The van der Waals surface area contributed by atoms with Crippen LogP contribution in [0.2, 0.25) is 0 Å². The number of hydrogen-bond donors (Lipinski definition) is 4. The van der Waals surface area contributed by atoms with Crippen molar-refractivity contribution in [2.24, 2.45) is 11.8 Å². The third-order valence-corrected chi connectivity index (χ3v) is 10.0. The molecule has 238 valence electrons. The highest BCUT2D eigenvalue weighted by molar-refractivity contribution is 5.52. The van der Waals surface area contributed by atoms with Gasteiger partial charge in [-0.3, -0.25) is 4.90 Å². The highest BCUT2D eigenvalue weighted by Gasteiger charge is 2.29. The number of aromatic nitrogens is 2. The molecule has 8 nitrogen and oxygen atoms in total. The van der Waals surface area contributed by atoms with Crippen molar-refractivity contribution >= 4 is 17.6 Å². The van der Waals surface area contributed by atoms with Gasteiger partial charge in [0.25, 0.3) is 0 Å². The normalized spacial score (nSPS) is 23.8. The number of rotatable bonds is 15. The van der Waals surface area contributed by atoms with Gasteiger partial charge in [-0.1, -0.05) is 62.9 Å². The standard InChI is InChI=1S/C35H58N8/c1-2-3-21-42-22-23-43(27-32(42)30-11-6-4-7-12-30)34-24-33(36)40-35(41-34)39-26-29-17-15-28(16-18-29)25-37-19-10-20-38-31-13-8-5-9-14-31/h4,6-7,11-12,24,28-29,31-32,37-38H,2-3,5,8-10,13-23,25-27H2,1H3,(H3,36,39,40,41)/t28-,29-,32?. The summed E-state index contributed by atoms with van der Waals surface area (Å²) in [7, 11) is 0. The lowest BCUT2D eigenvalue weighted by Crippen LogP contribution is -2.49. The fraction of sp³-hybridized carbons (Fsp3) is 0.714. The van der Waals surface area contributed by atoms with Crippen LogP contribution in [0.15, 0.2) is 36.4 Å². The van der Waals surface area contributed by atoms with E-state index in [0.29, 0.717) is 23.7 Å². The molecule has 2 saturated carbocycles. The van der Waals surface area contributed by atoms with Crippen molar-refractivity contribution in [3.8, 4) is 0 Å². The summed E-state index contributed by atoms with van der Waals surface area (Å²) in [5.41, 5.74) is 7.68. The SMILES string of the molecule is CCCCN1CCN(c2cc(N)nc(NC[C@H]3CC[C@H](CNCCCNC4CCCCC4)CC3)n2)CC1c1ccccc1. The van der Waals surface area contributed by atoms with E-state index < -0.39 is 0 Å². The Morgan fingerprint density at radius 1 is 0.860 bits per heavy atom. The molecule has 0 amide bonds. The van der Waals surface area contributed by atoms with Crippen LogP contribution in [-0.2, 0) is 0 Å². The van der Waals surface area contributed by atoms with Gasteiger partial charge in [0.15, 0.2) is 0 Å². The number of piperazine rings is 1. The first-order chi connectivity index (χ1) is 21.2. The lowest BCUT2D eigenvalue weighted by Gasteiger charge is -2.42. The summed E-state index contributed by atoms with van der Waals surface area (Å²) in [5, 5.41) is 11.1. The van der Waals surface area contributed by atoms with Crippen molar-refractivity contribution in [3.63, 3.8) is 0 Å². The number of nitrogens with two attached hydrogens (primary N) is 1. The molecule has 0 radical (unpaired) electrons. The van der Waals surface area contributed by atoms with Crippen LogP contribution in [0.3, 0.4) is 0 Å². The number of nitrogens with zero attached hydrogens (tertiary/aromatic N) is 4. The van der Waals surface area contributed by atoms with E-state index in [1.54, 1.807) is 0 Å². The lowest BCUT2D eigenvalue weighted by atomic mass is 9.82. The van der Waals surface area contributed by atoms with Crippen molar-refractivity contribution in [1.29, 1.82) is 0 Å². The van der Waals surface area contributed by atoms with Crippen LogP contribution in [0.5, 0.6) is 0 Å². The van der Waals surface area contributed by atoms with Crippen LogP contribution in [0.25, 0.3) is 0 Å². The van der Waals surface area contributed by atoms with Gasteiger partial charge in [0.05, 0.1) is 6.04 Å². The number of nitrogens with one attached hydrogen (secondary N) is 3. The first kappa shape index (κ1) is 32.0. The molecule has 1 saturated heterocycles. The molecule has 2 heterocycles. The molecule has 43 heavy (non-hydrogen) atoms. The monoisotopic (exact) mass is 590 g/mol. The Labute approximate surface area is 261 Å². The Morgan fingerprint density at radius 3 is 2.40 bits per heavy atom. The minimum Gasteiger partial charge on any atom is -0.383 e. The van der Waals surface area contributed by atoms with E-state index in [1.807, 2.05) is 6.07 Å². The Balaban J connectivity index is 1.03. The molecule has 8 heteroatoms. The minimum atomic E-state index is 0.358. The lowest BCUT2D eigenvalue weighted by molar-refractivity contribution is 0.174. The Hall–Kier alpha value is -2.42. The summed E-state index contributed by atoms with van der Waals surface area (Å²) >= 11 is 0. The third kappa shape index (κ3) is 10.0. The fourth-order valence-corrected chi connectivity index (χ4v) is 7.35. The summed E-state index contributed by atoms with van der Waals surface area (Å²) in [5.74, 6) is 3.64. The molecule has 1 atom stereocenters. The van der Waals surface area contributed by atoms with Crippen LogP contribution >= 0.6 is 0 Å². The molecule has 3 fully saturated rings. The van der Waals surface area contributed by atoms with Gasteiger partial charge in [0.1, 0.15) is 11.6 Å². The first-order valence-corrected chi connectivity index (χ1v) is 17.5. The predicted molar refractivity (Wildman–Crippen MR) is 181 cm³/mol. The molecular formula is C35H58N8. The van der Waals surface area contributed by atoms with E-state index in [1.165, 1.54) is 89.2 Å². The van der Waals surface area contributed by atoms with E-state index >= 15 is 0 Å². The van der Waals surface area contributed by atoms with Crippen LogP contribution in [0, 0.1) is 11.8 Å². The Bertz CT molecular complexity index is 1050. The maximum Gasteiger partial charge on any atom is 0.226 e. The number of unbranched alkanes of at least 4 members (excludes halogenated alkanes) is 1. The van der Waals surface area contributed by atoms with E-state index in [4.69, 9.17) is 10.7 Å². The molecule has 1 aliphatic heterocycles. The van der Waals surface area contributed by atoms with Crippen molar-refractivity contribution in [2.45, 2.75) is 96.1 Å².